The second-order valence-corrected chi connectivity index (χ2v) is 6.84. The Balaban J connectivity index is 1.93. The summed E-state index contributed by atoms with van der Waals surface area (Å²) in [5, 5.41) is 0.636. The Labute approximate surface area is 163 Å². The van der Waals surface area contributed by atoms with Crippen LogP contribution in [-0.2, 0) is 4.79 Å². The molecule has 0 bridgehead atoms. The zero-order chi connectivity index (χ0) is 19.2. The van der Waals surface area contributed by atoms with Crippen LogP contribution in [0.25, 0.3) is 6.08 Å². The van der Waals surface area contributed by atoms with E-state index in [9.17, 15) is 4.79 Å². The van der Waals surface area contributed by atoms with Crippen LogP contribution in [0.5, 0.6) is 5.75 Å². The van der Waals surface area contributed by atoms with Crippen LogP contribution in [0.4, 0.5) is 5.82 Å². The van der Waals surface area contributed by atoms with Gasteiger partial charge in [-0.15, -0.1) is 0 Å². The molecular weight excluding hydrogens is 358 g/mol. The van der Waals surface area contributed by atoms with Crippen molar-refractivity contribution in [3.05, 3.63) is 71.3 Å². The number of amidine groups is 1. The van der Waals surface area contributed by atoms with E-state index in [4.69, 9.17) is 4.74 Å². The van der Waals surface area contributed by atoms with Crippen molar-refractivity contribution in [1.82, 2.24) is 9.88 Å². The van der Waals surface area contributed by atoms with Gasteiger partial charge in [0.1, 0.15) is 12.4 Å². The van der Waals surface area contributed by atoms with E-state index in [2.05, 4.69) is 16.6 Å². The van der Waals surface area contributed by atoms with Gasteiger partial charge in [0.15, 0.2) is 11.0 Å². The van der Waals surface area contributed by atoms with Gasteiger partial charge < -0.3 is 4.74 Å². The fraction of sp³-hybridized carbons (Fsp3) is 0.190. The van der Waals surface area contributed by atoms with E-state index in [-0.39, 0.29) is 5.91 Å². The van der Waals surface area contributed by atoms with Crippen LogP contribution >= 0.6 is 11.8 Å². The summed E-state index contributed by atoms with van der Waals surface area (Å²) in [5.74, 6) is 1.25. The second kappa shape index (κ2) is 8.68. The van der Waals surface area contributed by atoms with Crippen molar-refractivity contribution in [3.8, 4) is 5.75 Å². The first-order valence-corrected chi connectivity index (χ1v) is 9.50. The highest BCUT2D eigenvalue weighted by atomic mass is 32.2. The molecule has 27 heavy (non-hydrogen) atoms. The number of hydrogen-bond acceptors (Lipinski definition) is 5. The Hall–Kier alpha value is -2.86. The minimum absolute atomic E-state index is 0.0626. The van der Waals surface area contributed by atoms with E-state index in [0.717, 1.165) is 11.3 Å². The molecule has 2 heterocycles. The van der Waals surface area contributed by atoms with Crippen LogP contribution in [0, 0.1) is 6.92 Å². The number of rotatable bonds is 6. The number of pyridine rings is 1. The molecule has 138 valence electrons. The summed E-state index contributed by atoms with van der Waals surface area (Å²) < 4.78 is 5.68. The van der Waals surface area contributed by atoms with Crippen LogP contribution in [-0.4, -0.2) is 34.1 Å². The van der Waals surface area contributed by atoms with Gasteiger partial charge in [0.05, 0.1) is 4.91 Å². The zero-order valence-corrected chi connectivity index (χ0v) is 16.2. The van der Waals surface area contributed by atoms with Gasteiger partial charge in [-0.25, -0.2) is 9.98 Å². The molecule has 1 fully saturated rings. The fourth-order valence-electron chi connectivity index (χ4n) is 2.58. The third-order valence-corrected chi connectivity index (χ3v) is 4.86. The second-order valence-electron chi connectivity index (χ2n) is 5.83. The van der Waals surface area contributed by atoms with E-state index >= 15 is 0 Å². The average molecular weight is 379 g/mol. The van der Waals surface area contributed by atoms with Crippen LogP contribution in [0.3, 0.4) is 0 Å². The Morgan fingerprint density at radius 1 is 1.26 bits per heavy atom. The largest absolute Gasteiger partial charge is 0.489 e. The fourth-order valence-corrected chi connectivity index (χ4v) is 3.62. The number of amides is 1. The van der Waals surface area contributed by atoms with E-state index in [1.807, 2.05) is 62.4 Å². The number of aliphatic imine (C=N–C) groups is 1. The van der Waals surface area contributed by atoms with Crippen molar-refractivity contribution < 1.29 is 9.53 Å². The number of hydrogen-bond donors (Lipinski definition) is 0. The minimum Gasteiger partial charge on any atom is -0.489 e. The zero-order valence-electron chi connectivity index (χ0n) is 15.4. The third kappa shape index (κ3) is 4.46. The van der Waals surface area contributed by atoms with E-state index in [0.29, 0.717) is 34.8 Å². The lowest BCUT2D eigenvalue weighted by molar-refractivity contribution is -0.122. The van der Waals surface area contributed by atoms with Crippen molar-refractivity contribution in [2.45, 2.75) is 13.8 Å². The highest BCUT2D eigenvalue weighted by Gasteiger charge is 2.32. The summed E-state index contributed by atoms with van der Waals surface area (Å²) in [6.45, 7) is 8.47. The number of nitrogens with zero attached hydrogens (tertiary/aromatic N) is 3. The molecule has 0 radical (unpaired) electrons. The maximum atomic E-state index is 12.8. The first kappa shape index (κ1) is 18.9. The topological polar surface area (TPSA) is 54.8 Å². The number of carbonyl (C=O) groups is 1. The molecule has 0 saturated carbocycles. The van der Waals surface area contributed by atoms with Gasteiger partial charge in [0.2, 0.25) is 0 Å². The summed E-state index contributed by atoms with van der Waals surface area (Å²) >= 11 is 1.35. The molecule has 3 rings (SSSR count). The number of ether oxygens (including phenoxy) is 1. The third-order valence-electron chi connectivity index (χ3n) is 3.85. The van der Waals surface area contributed by atoms with Crippen LogP contribution in [0.2, 0.25) is 0 Å². The van der Waals surface area contributed by atoms with Gasteiger partial charge >= 0.3 is 0 Å². The van der Waals surface area contributed by atoms with Crippen LogP contribution in [0.15, 0.2) is 65.0 Å². The van der Waals surface area contributed by atoms with Crippen molar-refractivity contribution >= 4 is 34.7 Å². The predicted molar refractivity (Wildman–Crippen MR) is 111 cm³/mol. The van der Waals surface area contributed by atoms with Gasteiger partial charge in [-0.3, -0.25) is 9.69 Å². The molecule has 0 atom stereocenters. The Morgan fingerprint density at radius 2 is 2.07 bits per heavy atom. The number of thioether (sulfide) groups is 1. The van der Waals surface area contributed by atoms with Gasteiger partial charge in [-0.2, -0.15) is 0 Å². The maximum absolute atomic E-state index is 12.8. The molecule has 1 saturated heterocycles. The van der Waals surface area contributed by atoms with E-state index in [1.165, 1.54) is 11.8 Å². The molecule has 2 aromatic rings. The minimum atomic E-state index is -0.0626. The maximum Gasteiger partial charge on any atom is 0.266 e. The number of benzene rings is 1. The molecule has 0 unspecified atom stereocenters. The summed E-state index contributed by atoms with van der Waals surface area (Å²) in [7, 11) is 0. The highest BCUT2D eigenvalue weighted by Crippen LogP contribution is 2.35. The molecule has 0 N–H and O–H groups in total. The number of aromatic nitrogens is 1. The normalized spacial score (nSPS) is 17.0. The SMILES string of the molecule is C=CCOc1ccccc1/C=C1\S/C(=N/c2cccc(C)n2)N(CC)C1=O. The lowest BCUT2D eigenvalue weighted by Gasteiger charge is -2.11. The number of carbonyl (C=O) groups excluding carboxylic acids is 1. The number of aryl methyl sites for hydroxylation is 1. The van der Waals surface area contributed by atoms with Crippen molar-refractivity contribution in [1.29, 1.82) is 0 Å². The Morgan fingerprint density at radius 3 is 2.81 bits per heavy atom. The Bertz CT molecular complexity index is 921. The molecule has 0 aliphatic carbocycles. The lowest BCUT2D eigenvalue weighted by Crippen LogP contribution is -2.28. The molecule has 1 amide bonds. The molecule has 1 aliphatic heterocycles. The molecular formula is C21H21N3O2S. The Kier molecular flexibility index (Phi) is 6.08. The van der Waals surface area contributed by atoms with E-state index < -0.39 is 0 Å². The molecule has 6 heteroatoms. The van der Waals surface area contributed by atoms with Gasteiger partial charge in [-0.05, 0) is 49.9 Å². The van der Waals surface area contributed by atoms with Crippen molar-refractivity contribution in [3.63, 3.8) is 0 Å². The van der Waals surface area contributed by atoms with Crippen molar-refractivity contribution in [2.75, 3.05) is 13.2 Å². The van der Waals surface area contributed by atoms with Gasteiger partial charge in [0.25, 0.3) is 5.91 Å². The molecule has 0 spiro atoms. The smallest absolute Gasteiger partial charge is 0.266 e. The molecule has 1 aliphatic rings. The first-order valence-electron chi connectivity index (χ1n) is 8.69. The number of para-hydroxylation sites is 1. The molecule has 5 nitrogen and oxygen atoms in total. The summed E-state index contributed by atoms with van der Waals surface area (Å²) in [6.07, 6.45) is 3.54. The van der Waals surface area contributed by atoms with Crippen molar-refractivity contribution in [2.24, 2.45) is 4.99 Å². The van der Waals surface area contributed by atoms with Gasteiger partial charge in [-0.1, -0.05) is 36.9 Å². The predicted octanol–water partition coefficient (Wildman–Crippen LogP) is 4.58. The first-order chi connectivity index (χ1) is 13.1. The highest BCUT2D eigenvalue weighted by molar-refractivity contribution is 8.18. The van der Waals surface area contributed by atoms with Gasteiger partial charge in [0, 0.05) is 17.8 Å². The van der Waals surface area contributed by atoms with E-state index in [1.54, 1.807) is 11.0 Å². The van der Waals surface area contributed by atoms with Crippen LogP contribution in [0.1, 0.15) is 18.2 Å². The number of likely N-dealkylation sites (N-methyl/N-ethyl adjacent to an activating group) is 1. The summed E-state index contributed by atoms with van der Waals surface area (Å²) in [6, 6.07) is 13.3. The van der Waals surface area contributed by atoms with Crippen LogP contribution < -0.4 is 4.74 Å². The molecule has 1 aromatic heterocycles. The monoisotopic (exact) mass is 379 g/mol. The molecule has 1 aromatic carbocycles. The standard InChI is InChI=1S/C21H21N3O2S/c1-4-13-26-17-11-7-6-10-16(17)14-18-20(25)24(5-2)21(27-18)23-19-12-8-9-15(3)22-19/h4,6-12,14H,1,5,13H2,2-3H3/b18-14-,23-21+. The average Bonchev–Trinajstić information content (AvgIpc) is 2.95. The quantitative estimate of drug-likeness (QED) is 0.545. The summed E-state index contributed by atoms with van der Waals surface area (Å²) in [5.41, 5.74) is 1.74. The lowest BCUT2D eigenvalue weighted by atomic mass is 10.2. The summed E-state index contributed by atoms with van der Waals surface area (Å²) in [4.78, 5) is 24.1.